The van der Waals surface area contributed by atoms with Crippen molar-refractivity contribution in [2.45, 2.75) is 0 Å². The van der Waals surface area contributed by atoms with Crippen molar-refractivity contribution in [3.05, 3.63) is 146 Å². The zero-order valence-corrected chi connectivity index (χ0v) is 23.6. The molecule has 1 aliphatic heterocycles. The van der Waals surface area contributed by atoms with Crippen molar-refractivity contribution in [2.75, 3.05) is 4.90 Å². The van der Waals surface area contributed by atoms with Crippen LogP contribution >= 0.6 is 0 Å². The first kappa shape index (κ1) is 23.6. The number of benzene rings is 7. The second-order valence-corrected chi connectivity index (χ2v) is 11.4. The van der Waals surface area contributed by atoms with Gasteiger partial charge in [0.15, 0.2) is 5.82 Å². The van der Waals surface area contributed by atoms with Crippen LogP contribution in [0.15, 0.2) is 146 Å². The molecular formula is C40H24N4. The fourth-order valence-corrected chi connectivity index (χ4v) is 7.26. The molecule has 3 heterocycles. The van der Waals surface area contributed by atoms with Gasteiger partial charge >= 0.3 is 0 Å². The molecule has 0 N–H and O–H groups in total. The molecule has 0 aliphatic carbocycles. The Morgan fingerprint density at radius 3 is 1.86 bits per heavy atom. The number of rotatable bonds is 2. The monoisotopic (exact) mass is 560 g/mol. The Balaban J connectivity index is 1.35. The van der Waals surface area contributed by atoms with E-state index in [4.69, 9.17) is 9.97 Å². The lowest BCUT2D eigenvalue weighted by Gasteiger charge is -2.33. The van der Waals surface area contributed by atoms with Crippen LogP contribution in [0.4, 0.5) is 17.3 Å². The molecule has 0 atom stereocenters. The predicted molar refractivity (Wildman–Crippen MR) is 183 cm³/mol. The van der Waals surface area contributed by atoms with Crippen LogP contribution in [0, 0.1) is 0 Å². The maximum Gasteiger partial charge on any atom is 0.237 e. The highest BCUT2D eigenvalue weighted by Crippen LogP contribution is 2.52. The van der Waals surface area contributed by atoms with Gasteiger partial charge in [0.1, 0.15) is 0 Å². The molecule has 10 rings (SSSR count). The Morgan fingerprint density at radius 2 is 1.07 bits per heavy atom. The molecule has 0 radical (unpaired) electrons. The van der Waals surface area contributed by atoms with Gasteiger partial charge in [-0.1, -0.05) is 109 Å². The molecule has 4 heteroatoms. The molecule has 0 bridgehead atoms. The number of hydrogen-bond acceptors (Lipinski definition) is 3. The number of nitrogens with zero attached hydrogens (tertiary/aromatic N) is 4. The lowest BCUT2D eigenvalue weighted by atomic mass is 9.88. The molecule has 0 amide bonds. The third-order valence-electron chi connectivity index (χ3n) is 9.10. The third-order valence-corrected chi connectivity index (χ3v) is 9.10. The summed E-state index contributed by atoms with van der Waals surface area (Å²) in [5.41, 5.74) is 7.78. The number of para-hydroxylation sites is 3. The molecule has 0 unspecified atom stereocenters. The summed E-state index contributed by atoms with van der Waals surface area (Å²) in [6.07, 6.45) is 0. The van der Waals surface area contributed by atoms with Gasteiger partial charge in [0.2, 0.25) is 5.95 Å². The van der Waals surface area contributed by atoms with Gasteiger partial charge in [-0.2, -0.15) is 4.98 Å². The minimum atomic E-state index is 0.652. The van der Waals surface area contributed by atoms with E-state index in [0.29, 0.717) is 5.95 Å². The number of fused-ring (bicyclic) bond motifs is 8. The SMILES string of the molecule is c1ccc2c3c(ccc2c1)N(c1nc(-n2c4ccccc4c4ccccc42)c2ccccc2n1)c1cccc2cccc-3c12. The van der Waals surface area contributed by atoms with Crippen LogP contribution in [-0.4, -0.2) is 14.5 Å². The first-order chi connectivity index (χ1) is 21.8. The Labute approximate surface area is 253 Å². The van der Waals surface area contributed by atoms with Crippen LogP contribution in [0.5, 0.6) is 0 Å². The van der Waals surface area contributed by atoms with E-state index in [2.05, 4.69) is 155 Å². The van der Waals surface area contributed by atoms with Crippen molar-refractivity contribution in [1.29, 1.82) is 0 Å². The summed E-state index contributed by atoms with van der Waals surface area (Å²) in [4.78, 5) is 13.0. The molecular weight excluding hydrogens is 536 g/mol. The quantitative estimate of drug-likeness (QED) is 0.211. The van der Waals surface area contributed by atoms with Gasteiger partial charge in [0.25, 0.3) is 0 Å². The van der Waals surface area contributed by atoms with Crippen LogP contribution in [0.25, 0.3) is 71.2 Å². The zero-order chi connectivity index (χ0) is 28.8. The van der Waals surface area contributed by atoms with Crippen molar-refractivity contribution in [3.8, 4) is 16.9 Å². The first-order valence-corrected chi connectivity index (χ1v) is 14.9. The Kier molecular flexibility index (Phi) is 4.69. The summed E-state index contributed by atoms with van der Waals surface area (Å²) >= 11 is 0. The van der Waals surface area contributed by atoms with Crippen molar-refractivity contribution >= 4 is 71.6 Å². The van der Waals surface area contributed by atoms with Crippen LogP contribution in [-0.2, 0) is 0 Å². The van der Waals surface area contributed by atoms with E-state index >= 15 is 0 Å². The molecule has 0 fully saturated rings. The van der Waals surface area contributed by atoms with Crippen LogP contribution in [0.3, 0.4) is 0 Å². The normalized spacial score (nSPS) is 12.5. The second-order valence-electron chi connectivity index (χ2n) is 11.4. The van der Waals surface area contributed by atoms with E-state index < -0.39 is 0 Å². The maximum absolute atomic E-state index is 5.48. The molecule has 9 aromatic rings. The van der Waals surface area contributed by atoms with E-state index in [0.717, 1.165) is 39.1 Å². The summed E-state index contributed by atoms with van der Waals surface area (Å²) in [5.74, 6) is 1.52. The zero-order valence-electron chi connectivity index (χ0n) is 23.6. The Morgan fingerprint density at radius 1 is 0.432 bits per heavy atom. The van der Waals surface area contributed by atoms with Gasteiger partial charge in [-0.25, -0.2) is 4.98 Å². The molecule has 7 aromatic carbocycles. The van der Waals surface area contributed by atoms with Crippen LogP contribution < -0.4 is 4.90 Å². The van der Waals surface area contributed by atoms with E-state index in [9.17, 15) is 0 Å². The third kappa shape index (κ3) is 3.11. The largest absolute Gasteiger partial charge is 0.293 e. The van der Waals surface area contributed by atoms with Crippen LogP contribution in [0.1, 0.15) is 0 Å². The van der Waals surface area contributed by atoms with Crippen molar-refractivity contribution in [1.82, 2.24) is 14.5 Å². The minimum Gasteiger partial charge on any atom is -0.293 e. The van der Waals surface area contributed by atoms with E-state index in [-0.39, 0.29) is 0 Å². The van der Waals surface area contributed by atoms with Crippen molar-refractivity contribution < 1.29 is 0 Å². The first-order valence-electron chi connectivity index (χ1n) is 14.9. The summed E-state index contributed by atoms with van der Waals surface area (Å²) in [5, 5.41) is 8.29. The van der Waals surface area contributed by atoms with Crippen LogP contribution in [0.2, 0.25) is 0 Å². The second kappa shape index (κ2) is 8.76. The van der Waals surface area contributed by atoms with Crippen molar-refractivity contribution in [2.24, 2.45) is 0 Å². The Hall–Kier alpha value is -6.00. The smallest absolute Gasteiger partial charge is 0.237 e. The Bertz CT molecular complexity index is 2570. The molecule has 4 nitrogen and oxygen atoms in total. The average Bonchev–Trinajstić information content (AvgIpc) is 3.42. The average molecular weight is 561 g/mol. The van der Waals surface area contributed by atoms with E-state index in [1.54, 1.807) is 0 Å². The molecule has 204 valence electrons. The lowest BCUT2D eigenvalue weighted by Crippen LogP contribution is -2.19. The molecule has 0 saturated carbocycles. The van der Waals surface area contributed by atoms with Crippen molar-refractivity contribution in [3.63, 3.8) is 0 Å². The van der Waals surface area contributed by atoms with Gasteiger partial charge in [-0.15, -0.1) is 0 Å². The summed E-state index contributed by atoms with van der Waals surface area (Å²) in [6.45, 7) is 0. The van der Waals surface area contributed by atoms with Gasteiger partial charge in [0, 0.05) is 27.1 Å². The number of aromatic nitrogens is 3. The van der Waals surface area contributed by atoms with E-state index in [1.165, 1.54) is 43.4 Å². The number of hydrogen-bond donors (Lipinski definition) is 0. The maximum atomic E-state index is 5.48. The van der Waals surface area contributed by atoms with Gasteiger partial charge in [-0.3, -0.25) is 9.47 Å². The van der Waals surface area contributed by atoms with E-state index in [1.807, 2.05) is 0 Å². The predicted octanol–water partition coefficient (Wildman–Crippen LogP) is 10.5. The highest BCUT2D eigenvalue weighted by Gasteiger charge is 2.30. The number of anilines is 3. The highest BCUT2D eigenvalue weighted by atomic mass is 15.3. The molecule has 0 spiro atoms. The van der Waals surface area contributed by atoms with Gasteiger partial charge < -0.3 is 0 Å². The summed E-state index contributed by atoms with van der Waals surface area (Å²) in [7, 11) is 0. The lowest BCUT2D eigenvalue weighted by molar-refractivity contribution is 1.04. The molecule has 2 aromatic heterocycles. The molecule has 44 heavy (non-hydrogen) atoms. The van der Waals surface area contributed by atoms with Gasteiger partial charge in [0.05, 0.1) is 27.9 Å². The summed E-state index contributed by atoms with van der Waals surface area (Å²) < 4.78 is 2.30. The fourth-order valence-electron chi connectivity index (χ4n) is 7.26. The minimum absolute atomic E-state index is 0.652. The highest BCUT2D eigenvalue weighted by molar-refractivity contribution is 6.19. The topological polar surface area (TPSA) is 34.0 Å². The fraction of sp³-hybridized carbons (Fsp3) is 0. The standard InChI is InChI=1S/C40H24N4/c1-2-14-27-25(11-1)23-24-36-38(27)31-18-9-12-26-13-10-22-35(37(26)31)44(36)40-41-32-19-6-3-17-30(32)39(42-40)43-33-20-7-4-15-28(33)29-16-5-8-21-34(29)43/h1-24H. The summed E-state index contributed by atoms with van der Waals surface area (Å²) in [6, 6.07) is 51.8. The molecule has 0 saturated heterocycles. The van der Waals surface area contributed by atoms with Gasteiger partial charge in [-0.05, 0) is 58.1 Å². The molecule has 1 aliphatic rings.